The van der Waals surface area contributed by atoms with Gasteiger partial charge < -0.3 is 10.6 Å². The molecule has 0 spiro atoms. The number of likely N-dealkylation sites (N-methyl/N-ethyl adjacent to an activating group) is 1. The van der Waals surface area contributed by atoms with Crippen molar-refractivity contribution in [2.75, 3.05) is 26.7 Å². The lowest BCUT2D eigenvalue weighted by atomic mass is 10.1. The molecule has 0 radical (unpaired) electrons. The molecule has 1 fully saturated rings. The monoisotopic (exact) mass is 359 g/mol. The number of likely N-dealkylation sites (tertiary alicyclic amines) is 1. The Morgan fingerprint density at radius 3 is 2.80 bits per heavy atom. The number of nitrogens with zero attached hydrogens (tertiary/aromatic N) is 2. The first kappa shape index (κ1) is 15.9. The second kappa shape index (κ2) is 7.54. The largest absolute Gasteiger partial charge is 0.343 e. The van der Waals surface area contributed by atoms with E-state index in [2.05, 4.69) is 32.3 Å². The van der Waals surface area contributed by atoms with E-state index in [-0.39, 0.29) is 11.9 Å². The molecule has 0 bridgehead atoms. The second-order valence-electron chi connectivity index (χ2n) is 5.36. The zero-order valence-electron chi connectivity index (χ0n) is 11.8. The van der Waals surface area contributed by atoms with Crippen LogP contribution in [-0.4, -0.2) is 48.4 Å². The summed E-state index contributed by atoms with van der Waals surface area (Å²) < 4.78 is 1.14. The van der Waals surface area contributed by atoms with E-state index in [1.54, 1.807) is 11.3 Å². The maximum atomic E-state index is 12.2. The summed E-state index contributed by atoms with van der Waals surface area (Å²) in [6.45, 7) is 3.17. The molecular weight excluding hydrogens is 338 g/mol. The smallest absolute Gasteiger partial charge is 0.224 e. The van der Waals surface area contributed by atoms with E-state index in [1.807, 2.05) is 11.9 Å². The average molecular weight is 360 g/mol. The van der Waals surface area contributed by atoms with Crippen molar-refractivity contribution >= 4 is 33.2 Å². The number of amides is 1. The van der Waals surface area contributed by atoms with E-state index >= 15 is 0 Å². The van der Waals surface area contributed by atoms with Crippen LogP contribution in [0.2, 0.25) is 0 Å². The van der Waals surface area contributed by atoms with Crippen LogP contribution in [0.15, 0.2) is 15.2 Å². The Hall–Kier alpha value is -0.430. The Kier molecular flexibility index (Phi) is 6.01. The summed E-state index contributed by atoms with van der Waals surface area (Å²) in [6, 6.07) is 2.23. The second-order valence-corrected chi connectivity index (χ2v) is 7.65. The quantitative estimate of drug-likeness (QED) is 0.847. The first-order chi connectivity index (χ1) is 9.60. The molecule has 4 nitrogen and oxygen atoms in total. The normalized spacial score (nSPS) is 16.9. The molecule has 1 saturated heterocycles. The SMILES string of the molecule is CN(Cc1csc(Br)c1)C(CN)CC(=O)N1CCCC1. The summed E-state index contributed by atoms with van der Waals surface area (Å²) >= 11 is 5.16. The van der Waals surface area contributed by atoms with E-state index in [4.69, 9.17) is 5.73 Å². The van der Waals surface area contributed by atoms with Crippen molar-refractivity contribution in [3.63, 3.8) is 0 Å². The van der Waals surface area contributed by atoms with E-state index in [9.17, 15) is 4.79 Å². The van der Waals surface area contributed by atoms with E-state index < -0.39 is 0 Å². The Bertz CT molecular complexity index is 445. The molecule has 0 aromatic carbocycles. The molecule has 1 aliphatic heterocycles. The zero-order chi connectivity index (χ0) is 14.5. The first-order valence-corrected chi connectivity index (χ1v) is 8.68. The molecule has 1 unspecified atom stereocenters. The number of carbonyl (C=O) groups is 1. The standard InChI is InChI=1S/C14H22BrN3OS/c1-17(9-11-6-13(15)20-10-11)12(8-16)7-14(19)18-4-2-3-5-18/h6,10,12H,2-5,7-9,16H2,1H3. The van der Waals surface area contributed by atoms with Gasteiger partial charge in [-0.2, -0.15) is 0 Å². The number of rotatable bonds is 6. The lowest BCUT2D eigenvalue weighted by Gasteiger charge is -2.28. The van der Waals surface area contributed by atoms with Crippen molar-refractivity contribution in [1.29, 1.82) is 0 Å². The van der Waals surface area contributed by atoms with Crippen LogP contribution >= 0.6 is 27.3 Å². The van der Waals surface area contributed by atoms with Gasteiger partial charge in [-0.3, -0.25) is 9.69 Å². The topological polar surface area (TPSA) is 49.6 Å². The van der Waals surface area contributed by atoms with Gasteiger partial charge in [0.25, 0.3) is 0 Å². The molecule has 0 saturated carbocycles. The Morgan fingerprint density at radius 1 is 1.55 bits per heavy atom. The summed E-state index contributed by atoms with van der Waals surface area (Å²) in [4.78, 5) is 16.4. The average Bonchev–Trinajstić information content (AvgIpc) is 3.07. The van der Waals surface area contributed by atoms with Crippen LogP contribution in [0.1, 0.15) is 24.8 Å². The van der Waals surface area contributed by atoms with Gasteiger partial charge in [-0.25, -0.2) is 0 Å². The Labute approximate surface area is 133 Å². The minimum absolute atomic E-state index is 0.113. The van der Waals surface area contributed by atoms with Crippen LogP contribution in [0, 0.1) is 0 Å². The molecule has 6 heteroatoms. The van der Waals surface area contributed by atoms with Crippen LogP contribution in [0.5, 0.6) is 0 Å². The van der Waals surface area contributed by atoms with Crippen molar-refractivity contribution < 1.29 is 4.79 Å². The molecule has 1 aromatic heterocycles. The maximum absolute atomic E-state index is 12.2. The number of thiophene rings is 1. The molecule has 20 heavy (non-hydrogen) atoms. The third kappa shape index (κ3) is 4.28. The van der Waals surface area contributed by atoms with Crippen LogP contribution in [0.25, 0.3) is 0 Å². The van der Waals surface area contributed by atoms with Gasteiger partial charge in [0.2, 0.25) is 5.91 Å². The molecule has 2 N–H and O–H groups in total. The fourth-order valence-electron chi connectivity index (χ4n) is 2.56. The predicted octanol–water partition coefficient (Wildman–Crippen LogP) is 2.28. The van der Waals surface area contributed by atoms with Gasteiger partial charge in [-0.15, -0.1) is 11.3 Å². The highest BCUT2D eigenvalue weighted by Gasteiger charge is 2.23. The minimum Gasteiger partial charge on any atom is -0.343 e. The zero-order valence-corrected chi connectivity index (χ0v) is 14.3. The van der Waals surface area contributed by atoms with Gasteiger partial charge in [-0.05, 0) is 52.8 Å². The predicted molar refractivity (Wildman–Crippen MR) is 86.8 cm³/mol. The van der Waals surface area contributed by atoms with Gasteiger partial charge in [0.1, 0.15) is 0 Å². The highest BCUT2D eigenvalue weighted by atomic mass is 79.9. The molecule has 2 rings (SSSR count). The van der Waals surface area contributed by atoms with Crippen LogP contribution < -0.4 is 5.73 Å². The molecular formula is C14H22BrN3OS. The summed E-state index contributed by atoms with van der Waals surface area (Å²) in [5, 5.41) is 2.14. The molecule has 1 aromatic rings. The third-order valence-electron chi connectivity index (χ3n) is 3.82. The summed E-state index contributed by atoms with van der Waals surface area (Å²) in [5.74, 6) is 0.247. The van der Waals surface area contributed by atoms with Gasteiger partial charge in [0.05, 0.1) is 3.79 Å². The van der Waals surface area contributed by atoms with Crippen molar-refractivity contribution in [2.45, 2.75) is 31.8 Å². The number of hydrogen-bond donors (Lipinski definition) is 1. The number of hydrogen-bond acceptors (Lipinski definition) is 4. The number of halogens is 1. The highest BCUT2D eigenvalue weighted by Crippen LogP contribution is 2.22. The molecule has 2 heterocycles. The third-order valence-corrected chi connectivity index (χ3v) is 5.37. The minimum atomic E-state index is 0.113. The lowest BCUT2D eigenvalue weighted by Crippen LogP contribution is -2.42. The summed E-state index contributed by atoms with van der Waals surface area (Å²) in [6.07, 6.45) is 2.80. The molecule has 1 aliphatic rings. The highest BCUT2D eigenvalue weighted by molar-refractivity contribution is 9.11. The van der Waals surface area contributed by atoms with Gasteiger partial charge in [0.15, 0.2) is 0 Å². The van der Waals surface area contributed by atoms with Gasteiger partial charge in [0, 0.05) is 38.6 Å². The van der Waals surface area contributed by atoms with Crippen LogP contribution in [0.3, 0.4) is 0 Å². The fourth-order valence-corrected chi connectivity index (χ4v) is 3.76. The molecule has 1 amide bonds. The summed E-state index contributed by atoms with van der Waals surface area (Å²) in [7, 11) is 2.04. The number of carbonyl (C=O) groups excluding carboxylic acids is 1. The van der Waals surface area contributed by atoms with Gasteiger partial charge >= 0.3 is 0 Å². The van der Waals surface area contributed by atoms with Crippen molar-refractivity contribution in [3.8, 4) is 0 Å². The van der Waals surface area contributed by atoms with Gasteiger partial charge in [-0.1, -0.05) is 0 Å². The van der Waals surface area contributed by atoms with Crippen molar-refractivity contribution in [3.05, 3.63) is 20.8 Å². The molecule has 112 valence electrons. The van der Waals surface area contributed by atoms with E-state index in [0.29, 0.717) is 13.0 Å². The fraction of sp³-hybridized carbons (Fsp3) is 0.643. The Balaban J connectivity index is 1.88. The van der Waals surface area contributed by atoms with Crippen LogP contribution in [0.4, 0.5) is 0 Å². The van der Waals surface area contributed by atoms with Crippen LogP contribution in [-0.2, 0) is 11.3 Å². The van der Waals surface area contributed by atoms with E-state index in [0.717, 1.165) is 36.3 Å². The maximum Gasteiger partial charge on any atom is 0.224 e. The first-order valence-electron chi connectivity index (χ1n) is 7.01. The van der Waals surface area contributed by atoms with E-state index in [1.165, 1.54) is 5.56 Å². The summed E-state index contributed by atoms with van der Waals surface area (Å²) in [5.41, 5.74) is 7.12. The molecule has 1 atom stereocenters. The van der Waals surface area contributed by atoms with Crippen molar-refractivity contribution in [1.82, 2.24) is 9.80 Å². The Morgan fingerprint density at radius 2 is 2.25 bits per heavy atom. The number of nitrogens with two attached hydrogens (primary N) is 1. The molecule has 0 aliphatic carbocycles. The van der Waals surface area contributed by atoms with Crippen molar-refractivity contribution in [2.24, 2.45) is 5.73 Å². The lowest BCUT2D eigenvalue weighted by molar-refractivity contribution is -0.131.